The molecule has 0 saturated heterocycles. The topological polar surface area (TPSA) is 50.7 Å². The summed E-state index contributed by atoms with van der Waals surface area (Å²) < 4.78 is 0. The van der Waals surface area contributed by atoms with Gasteiger partial charge >= 0.3 is 0 Å². The number of hydrogen-bond donors (Lipinski definition) is 1. The first kappa shape index (κ1) is 13.0. The van der Waals surface area contributed by atoms with Crippen LogP contribution in [0, 0.1) is 6.92 Å². The molecule has 0 radical (unpaired) electrons. The second-order valence-electron chi connectivity index (χ2n) is 5.42. The van der Waals surface area contributed by atoms with Crippen molar-refractivity contribution in [1.29, 1.82) is 0 Å². The van der Waals surface area contributed by atoms with E-state index in [0.717, 1.165) is 22.8 Å². The number of anilines is 1. The van der Waals surface area contributed by atoms with Crippen LogP contribution in [0.25, 0.3) is 11.4 Å². The highest BCUT2D eigenvalue weighted by Gasteiger charge is 2.20. The monoisotopic (exact) mass is 268 g/mol. The third-order valence-electron chi connectivity index (χ3n) is 4.04. The van der Waals surface area contributed by atoms with E-state index in [4.69, 9.17) is 4.98 Å². The van der Waals surface area contributed by atoms with Gasteiger partial charge in [-0.15, -0.1) is 0 Å². The molecule has 1 fully saturated rings. The summed E-state index contributed by atoms with van der Waals surface area (Å²) in [6.45, 7) is 2.05. The van der Waals surface area contributed by atoms with E-state index in [1.807, 2.05) is 26.2 Å². The SMILES string of the molecule is CNc1cc(C2CCCC2)nc(-c2ccncc2C)n1. The summed E-state index contributed by atoms with van der Waals surface area (Å²) >= 11 is 0. The van der Waals surface area contributed by atoms with Crippen LogP contribution in [0.4, 0.5) is 5.82 Å². The predicted molar refractivity (Wildman–Crippen MR) is 80.8 cm³/mol. The van der Waals surface area contributed by atoms with Crippen molar-refractivity contribution in [1.82, 2.24) is 15.0 Å². The summed E-state index contributed by atoms with van der Waals surface area (Å²) in [6, 6.07) is 4.08. The number of rotatable bonds is 3. The highest BCUT2D eigenvalue weighted by molar-refractivity contribution is 5.61. The molecule has 20 heavy (non-hydrogen) atoms. The molecule has 0 atom stereocenters. The van der Waals surface area contributed by atoms with E-state index in [9.17, 15) is 0 Å². The molecule has 2 heterocycles. The first-order chi connectivity index (χ1) is 9.78. The smallest absolute Gasteiger partial charge is 0.162 e. The molecule has 0 spiro atoms. The van der Waals surface area contributed by atoms with Crippen LogP contribution >= 0.6 is 0 Å². The molecule has 1 aliphatic rings. The highest BCUT2D eigenvalue weighted by atomic mass is 15.0. The molecule has 1 N–H and O–H groups in total. The Balaban J connectivity index is 2.06. The molecular weight excluding hydrogens is 248 g/mol. The standard InChI is InChI=1S/C16H20N4/c1-11-10-18-8-7-13(11)16-19-14(9-15(17-2)20-16)12-5-3-4-6-12/h7-10,12H,3-6H2,1-2H3,(H,17,19,20). The zero-order valence-corrected chi connectivity index (χ0v) is 12.1. The molecule has 0 aliphatic heterocycles. The molecule has 1 aliphatic carbocycles. The van der Waals surface area contributed by atoms with E-state index < -0.39 is 0 Å². The fraction of sp³-hybridized carbons (Fsp3) is 0.438. The van der Waals surface area contributed by atoms with Crippen molar-refractivity contribution in [2.75, 3.05) is 12.4 Å². The Morgan fingerprint density at radius 1 is 1.20 bits per heavy atom. The van der Waals surface area contributed by atoms with Crippen molar-refractivity contribution < 1.29 is 0 Å². The van der Waals surface area contributed by atoms with Gasteiger partial charge in [0.15, 0.2) is 5.82 Å². The van der Waals surface area contributed by atoms with Gasteiger partial charge < -0.3 is 5.32 Å². The zero-order chi connectivity index (χ0) is 13.9. The van der Waals surface area contributed by atoms with Gasteiger partial charge in [0.2, 0.25) is 0 Å². The molecule has 2 aromatic heterocycles. The van der Waals surface area contributed by atoms with E-state index in [0.29, 0.717) is 5.92 Å². The molecule has 0 bridgehead atoms. The lowest BCUT2D eigenvalue weighted by molar-refractivity contribution is 0.696. The number of pyridine rings is 1. The summed E-state index contributed by atoms with van der Waals surface area (Å²) in [5.74, 6) is 2.29. The van der Waals surface area contributed by atoms with Gasteiger partial charge in [-0.25, -0.2) is 9.97 Å². The molecular formula is C16H20N4. The fourth-order valence-corrected chi connectivity index (χ4v) is 2.87. The van der Waals surface area contributed by atoms with Gasteiger partial charge in [0.25, 0.3) is 0 Å². The number of aromatic nitrogens is 3. The molecule has 4 nitrogen and oxygen atoms in total. The molecule has 4 heteroatoms. The highest BCUT2D eigenvalue weighted by Crippen LogP contribution is 2.34. The maximum atomic E-state index is 4.82. The van der Waals surface area contributed by atoms with Crippen molar-refractivity contribution in [2.24, 2.45) is 0 Å². The van der Waals surface area contributed by atoms with Crippen LogP contribution in [0.2, 0.25) is 0 Å². The molecule has 1 saturated carbocycles. The van der Waals surface area contributed by atoms with Crippen LogP contribution in [0.5, 0.6) is 0 Å². The Labute approximate surface area is 119 Å². The zero-order valence-electron chi connectivity index (χ0n) is 12.1. The van der Waals surface area contributed by atoms with E-state index in [1.54, 1.807) is 6.20 Å². The normalized spacial score (nSPS) is 15.5. The molecule has 0 amide bonds. The Morgan fingerprint density at radius 2 is 2.00 bits per heavy atom. The van der Waals surface area contributed by atoms with Crippen molar-refractivity contribution >= 4 is 5.82 Å². The van der Waals surface area contributed by atoms with E-state index in [-0.39, 0.29) is 0 Å². The second kappa shape index (κ2) is 5.57. The maximum Gasteiger partial charge on any atom is 0.162 e. The summed E-state index contributed by atoms with van der Waals surface area (Å²) in [5, 5.41) is 3.15. The van der Waals surface area contributed by atoms with Gasteiger partial charge in [0.1, 0.15) is 5.82 Å². The fourth-order valence-electron chi connectivity index (χ4n) is 2.87. The minimum atomic E-state index is 0.589. The molecule has 0 aromatic carbocycles. The number of hydrogen-bond acceptors (Lipinski definition) is 4. The van der Waals surface area contributed by atoms with Gasteiger partial charge in [-0.3, -0.25) is 4.98 Å². The Morgan fingerprint density at radius 3 is 2.70 bits per heavy atom. The number of aryl methyl sites for hydroxylation is 1. The summed E-state index contributed by atoms with van der Waals surface area (Å²) in [6.07, 6.45) is 8.77. The van der Waals surface area contributed by atoms with Gasteiger partial charge in [-0.05, 0) is 31.4 Å². The van der Waals surface area contributed by atoms with Gasteiger partial charge in [-0.1, -0.05) is 12.8 Å². The van der Waals surface area contributed by atoms with Crippen LogP contribution in [-0.4, -0.2) is 22.0 Å². The largest absolute Gasteiger partial charge is 0.373 e. The molecule has 104 valence electrons. The van der Waals surface area contributed by atoms with Crippen LogP contribution in [0.1, 0.15) is 42.9 Å². The van der Waals surface area contributed by atoms with Gasteiger partial charge in [-0.2, -0.15) is 0 Å². The van der Waals surface area contributed by atoms with Crippen LogP contribution in [-0.2, 0) is 0 Å². The maximum absolute atomic E-state index is 4.82. The van der Waals surface area contributed by atoms with E-state index >= 15 is 0 Å². The summed E-state index contributed by atoms with van der Waals surface area (Å²) in [7, 11) is 1.91. The third-order valence-corrected chi connectivity index (χ3v) is 4.04. The average molecular weight is 268 g/mol. The van der Waals surface area contributed by atoms with Crippen LogP contribution in [0.15, 0.2) is 24.5 Å². The number of nitrogens with zero attached hydrogens (tertiary/aromatic N) is 3. The van der Waals surface area contributed by atoms with E-state index in [1.165, 1.54) is 31.4 Å². The van der Waals surface area contributed by atoms with Crippen molar-refractivity contribution in [3.8, 4) is 11.4 Å². The van der Waals surface area contributed by atoms with E-state index in [2.05, 4.69) is 21.4 Å². The lowest BCUT2D eigenvalue weighted by Crippen LogP contribution is -2.04. The average Bonchev–Trinajstić information content (AvgIpc) is 3.01. The third kappa shape index (κ3) is 2.50. The van der Waals surface area contributed by atoms with Gasteiger partial charge in [0, 0.05) is 42.7 Å². The van der Waals surface area contributed by atoms with Crippen molar-refractivity contribution in [3.05, 3.63) is 35.8 Å². The first-order valence-corrected chi connectivity index (χ1v) is 7.25. The number of nitrogens with one attached hydrogen (secondary N) is 1. The predicted octanol–water partition coefficient (Wildman–Crippen LogP) is 3.55. The van der Waals surface area contributed by atoms with Crippen molar-refractivity contribution in [3.63, 3.8) is 0 Å². The van der Waals surface area contributed by atoms with Crippen LogP contribution < -0.4 is 5.32 Å². The lowest BCUT2D eigenvalue weighted by Gasteiger charge is -2.13. The van der Waals surface area contributed by atoms with Crippen molar-refractivity contribution in [2.45, 2.75) is 38.5 Å². The summed E-state index contributed by atoms with van der Waals surface area (Å²) in [4.78, 5) is 13.6. The Bertz CT molecular complexity index is 603. The quantitative estimate of drug-likeness (QED) is 0.925. The lowest BCUT2D eigenvalue weighted by atomic mass is 10.0. The first-order valence-electron chi connectivity index (χ1n) is 7.25. The second-order valence-corrected chi connectivity index (χ2v) is 5.42. The molecule has 2 aromatic rings. The summed E-state index contributed by atoms with van der Waals surface area (Å²) in [5.41, 5.74) is 3.35. The minimum Gasteiger partial charge on any atom is -0.373 e. The Hall–Kier alpha value is -1.97. The Kier molecular flexibility index (Phi) is 3.63. The van der Waals surface area contributed by atoms with Crippen LogP contribution in [0.3, 0.4) is 0 Å². The molecule has 3 rings (SSSR count). The minimum absolute atomic E-state index is 0.589. The van der Waals surface area contributed by atoms with Gasteiger partial charge in [0.05, 0.1) is 0 Å². The molecule has 0 unspecified atom stereocenters.